The summed E-state index contributed by atoms with van der Waals surface area (Å²) in [5.74, 6) is -0.118. The van der Waals surface area contributed by atoms with Crippen LogP contribution in [-0.2, 0) is 9.59 Å². The monoisotopic (exact) mass is 494 g/mol. The van der Waals surface area contributed by atoms with E-state index in [1.54, 1.807) is 17.7 Å². The number of carbonyl (C=O) groups excluding carboxylic acids is 2. The van der Waals surface area contributed by atoms with Gasteiger partial charge in [-0.15, -0.1) is 0 Å². The molecule has 1 aliphatic heterocycles. The highest BCUT2D eigenvalue weighted by atomic mass is 16.5. The van der Waals surface area contributed by atoms with E-state index >= 15 is 0 Å². The molecule has 4 rings (SSSR count). The molecule has 0 radical (unpaired) electrons. The number of carbonyl (C=O) groups is 2. The number of rotatable bonds is 8. The molecular weight excluding hydrogens is 464 g/mol. The van der Waals surface area contributed by atoms with Crippen LogP contribution in [0.3, 0.4) is 0 Å². The first kappa shape index (κ1) is 25.6. The first-order valence-electron chi connectivity index (χ1n) is 12.5. The Bertz CT molecular complexity index is 1440. The largest absolute Gasteiger partial charge is 0.494 e. The first-order valence-corrected chi connectivity index (χ1v) is 12.5. The number of hydrogen-bond acceptors (Lipinski definition) is 5. The van der Waals surface area contributed by atoms with E-state index < -0.39 is 11.8 Å². The molecule has 7 heteroatoms. The summed E-state index contributed by atoms with van der Waals surface area (Å²) in [6, 6.07) is 17.6. The zero-order valence-corrected chi connectivity index (χ0v) is 21.6. The van der Waals surface area contributed by atoms with Gasteiger partial charge < -0.3 is 4.74 Å². The molecule has 188 valence electrons. The van der Waals surface area contributed by atoms with Crippen LogP contribution in [0.2, 0.25) is 0 Å². The lowest BCUT2D eigenvalue weighted by atomic mass is 9.93. The summed E-state index contributed by atoms with van der Waals surface area (Å²) in [5.41, 5.74) is 4.80. The minimum absolute atomic E-state index is 0.00383. The molecule has 1 aromatic heterocycles. The van der Waals surface area contributed by atoms with E-state index in [1.807, 2.05) is 81.6 Å². The van der Waals surface area contributed by atoms with E-state index in [9.17, 15) is 14.9 Å². The van der Waals surface area contributed by atoms with Gasteiger partial charge in [-0.25, -0.2) is 4.68 Å². The van der Waals surface area contributed by atoms with Gasteiger partial charge in [0.25, 0.3) is 11.8 Å². The number of benzene rings is 2. The lowest BCUT2D eigenvalue weighted by Gasteiger charge is -2.27. The van der Waals surface area contributed by atoms with Crippen LogP contribution in [0.1, 0.15) is 44.7 Å². The van der Waals surface area contributed by atoms with Crippen molar-refractivity contribution >= 4 is 17.9 Å². The molecule has 7 nitrogen and oxygen atoms in total. The summed E-state index contributed by atoms with van der Waals surface area (Å²) in [4.78, 5) is 27.5. The van der Waals surface area contributed by atoms with E-state index in [0.717, 1.165) is 29.0 Å². The zero-order chi connectivity index (χ0) is 26.5. The van der Waals surface area contributed by atoms with E-state index in [-0.39, 0.29) is 12.1 Å². The fraction of sp³-hybridized carbons (Fsp3) is 0.267. The van der Waals surface area contributed by atoms with Crippen molar-refractivity contribution in [2.75, 3.05) is 13.2 Å². The SMILES string of the molecule is CCCCN1C(=O)C(C#N)=C(C)/C(=C\c2cn(-c3ccccc3)nc2-c2ccc(OCC)c(C)c2)C1=O. The second kappa shape index (κ2) is 11.1. The maximum absolute atomic E-state index is 13.5. The molecule has 37 heavy (non-hydrogen) atoms. The standard InChI is InChI=1S/C30H30N4O3/c1-5-7-15-33-29(35)25(21(4)26(18-31)30(33)36)17-23-19-34(24-11-9-8-10-12-24)32-28(23)22-13-14-27(37-6-2)20(3)16-22/h8-14,16-17,19H,5-7,15H2,1-4H3/b25-17+. The van der Waals surface area contributed by atoms with Crippen LogP contribution >= 0.6 is 0 Å². The minimum Gasteiger partial charge on any atom is -0.494 e. The van der Waals surface area contributed by atoms with Crippen LogP contribution in [0.5, 0.6) is 5.75 Å². The van der Waals surface area contributed by atoms with Gasteiger partial charge in [-0.2, -0.15) is 10.4 Å². The molecule has 0 spiro atoms. The molecule has 1 aliphatic rings. The minimum atomic E-state index is -0.530. The smallest absolute Gasteiger partial charge is 0.271 e. The molecule has 0 N–H and O–H groups in total. The highest BCUT2D eigenvalue weighted by Gasteiger charge is 2.35. The van der Waals surface area contributed by atoms with Crippen LogP contribution in [0, 0.1) is 18.3 Å². The molecular formula is C30H30N4O3. The van der Waals surface area contributed by atoms with Crippen molar-refractivity contribution in [1.29, 1.82) is 5.26 Å². The first-order chi connectivity index (χ1) is 17.9. The number of unbranched alkanes of at least 4 members (excludes halogenated alkanes) is 1. The lowest BCUT2D eigenvalue weighted by molar-refractivity contribution is -0.140. The Morgan fingerprint density at radius 3 is 2.46 bits per heavy atom. The van der Waals surface area contributed by atoms with Crippen molar-refractivity contribution in [3.05, 3.63) is 82.6 Å². The van der Waals surface area contributed by atoms with Crippen molar-refractivity contribution in [3.63, 3.8) is 0 Å². The quantitative estimate of drug-likeness (QED) is 0.299. The zero-order valence-electron chi connectivity index (χ0n) is 21.6. The van der Waals surface area contributed by atoms with Gasteiger partial charge >= 0.3 is 0 Å². The van der Waals surface area contributed by atoms with Crippen molar-refractivity contribution in [1.82, 2.24) is 14.7 Å². The third-order valence-electron chi connectivity index (χ3n) is 6.37. The number of amides is 2. The summed E-state index contributed by atoms with van der Waals surface area (Å²) in [6.45, 7) is 8.42. The average Bonchev–Trinajstić information content (AvgIpc) is 3.32. The fourth-order valence-electron chi connectivity index (χ4n) is 4.35. The van der Waals surface area contributed by atoms with Crippen LogP contribution < -0.4 is 4.74 Å². The van der Waals surface area contributed by atoms with Gasteiger partial charge in [-0.1, -0.05) is 31.5 Å². The van der Waals surface area contributed by atoms with Gasteiger partial charge in [0.15, 0.2) is 0 Å². The van der Waals surface area contributed by atoms with Gasteiger partial charge in [-0.05, 0) is 74.7 Å². The van der Waals surface area contributed by atoms with Gasteiger partial charge in [0.2, 0.25) is 0 Å². The normalized spacial score (nSPS) is 14.9. The van der Waals surface area contributed by atoms with Crippen LogP contribution in [0.15, 0.2) is 71.4 Å². The lowest BCUT2D eigenvalue weighted by Crippen LogP contribution is -2.43. The van der Waals surface area contributed by atoms with Gasteiger partial charge in [0.1, 0.15) is 17.4 Å². The molecule has 0 bridgehead atoms. The summed E-state index contributed by atoms with van der Waals surface area (Å²) >= 11 is 0. The van der Waals surface area contributed by atoms with E-state index in [4.69, 9.17) is 9.84 Å². The third-order valence-corrected chi connectivity index (χ3v) is 6.37. The van der Waals surface area contributed by atoms with Crippen molar-refractivity contribution in [2.24, 2.45) is 0 Å². The second-order valence-corrected chi connectivity index (χ2v) is 8.91. The van der Waals surface area contributed by atoms with E-state index in [1.165, 1.54) is 4.90 Å². The maximum atomic E-state index is 13.5. The van der Waals surface area contributed by atoms with Crippen LogP contribution in [0.4, 0.5) is 0 Å². The van der Waals surface area contributed by atoms with Crippen LogP contribution in [-0.4, -0.2) is 39.6 Å². The van der Waals surface area contributed by atoms with Crippen molar-refractivity contribution in [3.8, 4) is 28.8 Å². The molecule has 2 amide bonds. The molecule has 0 aliphatic carbocycles. The molecule has 0 fully saturated rings. The van der Waals surface area contributed by atoms with Crippen LogP contribution in [0.25, 0.3) is 23.0 Å². The molecule has 3 aromatic rings. The number of imide groups is 1. The predicted molar refractivity (Wildman–Crippen MR) is 143 cm³/mol. The maximum Gasteiger partial charge on any atom is 0.271 e. The van der Waals surface area contributed by atoms with Gasteiger partial charge in [-0.3, -0.25) is 14.5 Å². The summed E-state index contributed by atoms with van der Waals surface area (Å²) in [7, 11) is 0. The summed E-state index contributed by atoms with van der Waals surface area (Å²) < 4.78 is 7.47. The Kier molecular flexibility index (Phi) is 7.69. The Hall–Kier alpha value is -4.44. The average molecular weight is 495 g/mol. The Balaban J connectivity index is 1.89. The number of para-hydroxylation sites is 1. The molecule has 0 atom stereocenters. The number of aryl methyl sites for hydroxylation is 1. The van der Waals surface area contributed by atoms with Gasteiger partial charge in [0, 0.05) is 29.4 Å². The summed E-state index contributed by atoms with van der Waals surface area (Å²) in [5, 5.41) is 14.6. The fourth-order valence-corrected chi connectivity index (χ4v) is 4.35. The molecule has 2 aromatic carbocycles. The van der Waals surface area contributed by atoms with E-state index in [2.05, 4.69) is 0 Å². The molecule has 0 unspecified atom stereocenters. The molecule has 0 saturated heterocycles. The van der Waals surface area contributed by atoms with Gasteiger partial charge in [0.05, 0.1) is 18.0 Å². The van der Waals surface area contributed by atoms with Crippen molar-refractivity contribution in [2.45, 2.75) is 40.5 Å². The Labute approximate surface area is 217 Å². The Morgan fingerprint density at radius 2 is 1.81 bits per heavy atom. The number of nitrogens with zero attached hydrogens (tertiary/aromatic N) is 4. The number of hydrogen-bond donors (Lipinski definition) is 0. The second-order valence-electron chi connectivity index (χ2n) is 8.91. The number of aromatic nitrogens is 2. The molecule has 2 heterocycles. The van der Waals surface area contributed by atoms with Crippen molar-refractivity contribution < 1.29 is 14.3 Å². The topological polar surface area (TPSA) is 88.2 Å². The third kappa shape index (κ3) is 5.10. The predicted octanol–water partition coefficient (Wildman–Crippen LogP) is 5.64. The summed E-state index contributed by atoms with van der Waals surface area (Å²) in [6.07, 6.45) is 5.10. The number of ether oxygens (including phenoxy) is 1. The molecule has 0 saturated carbocycles. The van der Waals surface area contributed by atoms with E-state index in [0.29, 0.717) is 35.4 Å². The number of nitriles is 1. The highest BCUT2D eigenvalue weighted by molar-refractivity contribution is 6.19. The highest BCUT2D eigenvalue weighted by Crippen LogP contribution is 2.33. The Morgan fingerprint density at radius 1 is 1.05 bits per heavy atom.